The van der Waals surface area contributed by atoms with E-state index in [0.717, 1.165) is 31.2 Å². The highest BCUT2D eigenvalue weighted by Crippen LogP contribution is 1.91. The zero-order valence-corrected chi connectivity index (χ0v) is 9.54. The van der Waals surface area contributed by atoms with Crippen molar-refractivity contribution in [2.45, 2.75) is 20.3 Å². The van der Waals surface area contributed by atoms with E-state index in [-0.39, 0.29) is 0 Å². The van der Waals surface area contributed by atoms with Gasteiger partial charge in [-0.15, -0.1) is 0 Å². The van der Waals surface area contributed by atoms with Gasteiger partial charge < -0.3 is 15.4 Å². The van der Waals surface area contributed by atoms with Crippen LogP contribution in [-0.2, 0) is 4.74 Å². The maximum absolute atomic E-state index is 5.06. The molecule has 0 aliphatic heterocycles. The van der Waals surface area contributed by atoms with E-state index in [9.17, 15) is 0 Å². The lowest BCUT2D eigenvalue weighted by atomic mass is 10.2. The molecule has 0 aromatic heterocycles. The van der Waals surface area contributed by atoms with Crippen molar-refractivity contribution in [3.63, 3.8) is 0 Å². The molecule has 4 heteroatoms. The Hall–Kier alpha value is -0.350. The molecule has 1 atom stereocenters. The predicted octanol–water partition coefficient (Wildman–Crippen LogP) is 1.14. The third-order valence-corrected chi connectivity index (χ3v) is 1.89. The Bertz CT molecular complexity index is 142. The van der Waals surface area contributed by atoms with Crippen LogP contribution in [0.4, 0.5) is 0 Å². The first-order chi connectivity index (χ1) is 6.20. The molecule has 0 fully saturated rings. The molecule has 0 amide bonds. The van der Waals surface area contributed by atoms with Crippen molar-refractivity contribution in [1.29, 1.82) is 0 Å². The molecule has 0 aromatic carbocycles. The van der Waals surface area contributed by atoms with Crippen LogP contribution in [0, 0.1) is 5.92 Å². The largest absolute Gasteiger partial charge is 0.384 e. The Balaban J connectivity index is 3.34. The zero-order valence-electron chi connectivity index (χ0n) is 8.72. The molecular formula is C9H20N2OS. The Morgan fingerprint density at radius 3 is 2.69 bits per heavy atom. The molecule has 13 heavy (non-hydrogen) atoms. The summed E-state index contributed by atoms with van der Waals surface area (Å²) in [4.78, 5) is 0. The second-order valence-electron chi connectivity index (χ2n) is 3.20. The summed E-state index contributed by atoms with van der Waals surface area (Å²) in [5.74, 6) is 0.492. The molecule has 0 saturated carbocycles. The van der Waals surface area contributed by atoms with Gasteiger partial charge in [0.2, 0.25) is 0 Å². The molecule has 0 saturated heterocycles. The summed E-state index contributed by atoms with van der Waals surface area (Å²) < 4.78 is 5.01. The van der Waals surface area contributed by atoms with Gasteiger partial charge in [0.25, 0.3) is 0 Å². The van der Waals surface area contributed by atoms with Crippen LogP contribution >= 0.6 is 12.2 Å². The number of nitrogens with one attached hydrogen (secondary N) is 2. The second kappa shape index (κ2) is 8.26. The molecule has 3 nitrogen and oxygen atoms in total. The number of ether oxygens (including phenoxy) is 1. The topological polar surface area (TPSA) is 33.3 Å². The van der Waals surface area contributed by atoms with Crippen LogP contribution in [0.25, 0.3) is 0 Å². The minimum absolute atomic E-state index is 0.492. The normalized spacial score (nSPS) is 12.2. The van der Waals surface area contributed by atoms with E-state index in [0.29, 0.717) is 5.92 Å². The van der Waals surface area contributed by atoms with Gasteiger partial charge in [-0.3, -0.25) is 0 Å². The van der Waals surface area contributed by atoms with Gasteiger partial charge in [-0.25, -0.2) is 0 Å². The first-order valence-corrected chi connectivity index (χ1v) is 5.12. The van der Waals surface area contributed by atoms with Gasteiger partial charge in [-0.2, -0.15) is 0 Å². The van der Waals surface area contributed by atoms with E-state index in [4.69, 9.17) is 17.0 Å². The highest BCUT2D eigenvalue weighted by atomic mass is 32.1. The van der Waals surface area contributed by atoms with Gasteiger partial charge in [0, 0.05) is 20.2 Å². The van der Waals surface area contributed by atoms with E-state index in [1.807, 2.05) is 0 Å². The van der Waals surface area contributed by atoms with E-state index in [1.54, 1.807) is 7.11 Å². The van der Waals surface area contributed by atoms with Crippen LogP contribution in [0.5, 0.6) is 0 Å². The van der Waals surface area contributed by atoms with E-state index in [1.165, 1.54) is 0 Å². The van der Waals surface area contributed by atoms with Crippen molar-refractivity contribution in [1.82, 2.24) is 10.6 Å². The van der Waals surface area contributed by atoms with Gasteiger partial charge in [0.1, 0.15) is 0 Å². The van der Waals surface area contributed by atoms with Crippen molar-refractivity contribution in [2.75, 3.05) is 26.8 Å². The summed E-state index contributed by atoms with van der Waals surface area (Å²) in [6.07, 6.45) is 1.09. The van der Waals surface area contributed by atoms with Crippen molar-refractivity contribution in [3.8, 4) is 0 Å². The third-order valence-electron chi connectivity index (χ3n) is 1.60. The molecule has 0 radical (unpaired) electrons. The first-order valence-electron chi connectivity index (χ1n) is 4.71. The van der Waals surface area contributed by atoms with Gasteiger partial charge >= 0.3 is 0 Å². The smallest absolute Gasteiger partial charge is 0.166 e. The lowest BCUT2D eigenvalue weighted by Crippen LogP contribution is -2.38. The summed E-state index contributed by atoms with van der Waals surface area (Å²) in [5.41, 5.74) is 0. The monoisotopic (exact) mass is 204 g/mol. The zero-order chi connectivity index (χ0) is 10.1. The number of thiocarbonyl (C=S) groups is 1. The Labute approximate surface area is 86.2 Å². The maximum Gasteiger partial charge on any atom is 0.166 e. The van der Waals surface area contributed by atoms with Crippen molar-refractivity contribution in [3.05, 3.63) is 0 Å². The fraction of sp³-hybridized carbons (Fsp3) is 0.889. The van der Waals surface area contributed by atoms with E-state index >= 15 is 0 Å². The average molecular weight is 204 g/mol. The molecule has 1 unspecified atom stereocenters. The summed E-state index contributed by atoms with van der Waals surface area (Å²) in [5, 5.41) is 6.99. The third kappa shape index (κ3) is 7.99. The first kappa shape index (κ1) is 12.7. The fourth-order valence-electron chi connectivity index (χ4n) is 0.911. The average Bonchev–Trinajstić information content (AvgIpc) is 2.12. The van der Waals surface area contributed by atoms with Gasteiger partial charge in [0.05, 0.1) is 6.61 Å². The molecule has 78 valence electrons. The van der Waals surface area contributed by atoms with Crippen LogP contribution in [0.3, 0.4) is 0 Å². The number of hydrogen-bond donors (Lipinski definition) is 2. The minimum atomic E-state index is 0.492. The molecule has 0 aliphatic rings. The lowest BCUT2D eigenvalue weighted by Gasteiger charge is -2.13. The molecule has 0 aromatic rings. The highest BCUT2D eigenvalue weighted by molar-refractivity contribution is 7.80. The molecule has 0 bridgehead atoms. The van der Waals surface area contributed by atoms with Crippen molar-refractivity contribution < 1.29 is 4.74 Å². The van der Waals surface area contributed by atoms with Crippen molar-refractivity contribution >= 4 is 17.3 Å². The number of rotatable bonds is 6. The molecular weight excluding hydrogens is 184 g/mol. The van der Waals surface area contributed by atoms with Gasteiger partial charge in [0.15, 0.2) is 5.11 Å². The van der Waals surface area contributed by atoms with Crippen LogP contribution in [0.1, 0.15) is 20.3 Å². The molecule has 0 spiro atoms. The fourth-order valence-corrected chi connectivity index (χ4v) is 1.10. The number of methoxy groups -OCH3 is 1. The number of hydrogen-bond acceptors (Lipinski definition) is 2. The minimum Gasteiger partial charge on any atom is -0.384 e. The standard InChI is InChI=1S/C9H20N2OS/c1-4-5-10-9(13)11-6-8(2)7-12-3/h8H,4-7H2,1-3H3,(H2,10,11,13). The van der Waals surface area contributed by atoms with Crippen LogP contribution in [0.2, 0.25) is 0 Å². The Morgan fingerprint density at radius 1 is 1.46 bits per heavy atom. The summed E-state index contributed by atoms with van der Waals surface area (Å²) in [6.45, 7) is 6.80. The Kier molecular flexibility index (Phi) is 8.04. The molecule has 2 N–H and O–H groups in total. The molecule has 0 heterocycles. The maximum atomic E-state index is 5.06. The summed E-state index contributed by atoms with van der Waals surface area (Å²) in [6, 6.07) is 0. The van der Waals surface area contributed by atoms with Crippen molar-refractivity contribution in [2.24, 2.45) is 5.92 Å². The van der Waals surface area contributed by atoms with Gasteiger partial charge in [-0.05, 0) is 24.6 Å². The second-order valence-corrected chi connectivity index (χ2v) is 3.61. The van der Waals surface area contributed by atoms with Crippen LogP contribution in [0.15, 0.2) is 0 Å². The molecule has 0 aliphatic carbocycles. The van der Waals surface area contributed by atoms with E-state index < -0.39 is 0 Å². The van der Waals surface area contributed by atoms with Crippen LogP contribution in [-0.4, -0.2) is 31.9 Å². The molecule has 0 rings (SSSR count). The lowest BCUT2D eigenvalue weighted by molar-refractivity contribution is 0.161. The Morgan fingerprint density at radius 2 is 2.15 bits per heavy atom. The highest BCUT2D eigenvalue weighted by Gasteiger charge is 2.01. The van der Waals surface area contributed by atoms with Crippen LogP contribution < -0.4 is 10.6 Å². The van der Waals surface area contributed by atoms with E-state index in [2.05, 4.69) is 24.5 Å². The summed E-state index contributed by atoms with van der Waals surface area (Å²) >= 11 is 5.06. The van der Waals surface area contributed by atoms with Gasteiger partial charge in [-0.1, -0.05) is 13.8 Å². The quantitative estimate of drug-likeness (QED) is 0.636. The predicted molar refractivity (Wildman–Crippen MR) is 59.9 cm³/mol. The SMILES string of the molecule is CCCNC(=S)NCC(C)COC. The summed E-state index contributed by atoms with van der Waals surface area (Å²) in [7, 11) is 1.71.